The minimum atomic E-state index is -0.736. The molecule has 1 N–H and O–H groups in total. The first-order valence-corrected chi connectivity index (χ1v) is 7.59. The van der Waals surface area contributed by atoms with Crippen LogP contribution >= 0.6 is 0 Å². The summed E-state index contributed by atoms with van der Waals surface area (Å²) in [5.41, 5.74) is 1.04. The molecule has 0 aliphatic heterocycles. The molecule has 1 atom stereocenters. The van der Waals surface area contributed by atoms with Crippen LogP contribution in [0.3, 0.4) is 0 Å². The van der Waals surface area contributed by atoms with E-state index in [4.69, 9.17) is 5.11 Å². The van der Waals surface area contributed by atoms with Crippen molar-refractivity contribution in [2.75, 3.05) is 13.1 Å². The topological polar surface area (TPSA) is 58.4 Å². The van der Waals surface area contributed by atoms with E-state index in [0.717, 1.165) is 18.8 Å². The summed E-state index contributed by atoms with van der Waals surface area (Å²) >= 11 is 0. The Balaban J connectivity index is 1.92. The maximum atomic E-state index is 10.9. The highest BCUT2D eigenvalue weighted by Gasteiger charge is 2.19. The molecule has 1 aliphatic carbocycles. The fourth-order valence-electron chi connectivity index (χ4n) is 2.83. The summed E-state index contributed by atoms with van der Waals surface area (Å²) in [5.74, 6) is -1.08. The molecule has 112 valence electrons. The van der Waals surface area contributed by atoms with Crippen molar-refractivity contribution in [3.63, 3.8) is 0 Å². The van der Waals surface area contributed by atoms with Gasteiger partial charge in [0, 0.05) is 19.3 Å². The highest BCUT2D eigenvalue weighted by Crippen LogP contribution is 2.28. The van der Waals surface area contributed by atoms with E-state index in [9.17, 15) is 4.79 Å². The third-order valence-corrected chi connectivity index (χ3v) is 4.15. The summed E-state index contributed by atoms with van der Waals surface area (Å²) in [7, 11) is 0. The average Bonchev–Trinajstić information content (AvgIpc) is 3.08. The number of nitrogens with zero attached hydrogens (tertiary/aromatic N) is 3. The lowest BCUT2D eigenvalue weighted by Crippen LogP contribution is -2.31. The van der Waals surface area contributed by atoms with Crippen LogP contribution < -0.4 is 0 Å². The van der Waals surface area contributed by atoms with Gasteiger partial charge in [-0.2, -0.15) is 5.10 Å². The molecule has 1 aromatic rings. The normalized spacial score (nSPS) is 17.8. The first kappa shape index (κ1) is 15.0. The van der Waals surface area contributed by atoms with Gasteiger partial charge in [0.15, 0.2) is 0 Å². The average molecular weight is 279 g/mol. The zero-order valence-corrected chi connectivity index (χ0v) is 12.5. The van der Waals surface area contributed by atoms with Crippen molar-refractivity contribution in [3.05, 3.63) is 18.0 Å². The highest BCUT2D eigenvalue weighted by molar-refractivity contribution is 5.69. The van der Waals surface area contributed by atoms with Gasteiger partial charge in [-0.05, 0) is 25.5 Å². The predicted octanol–water partition coefficient (Wildman–Crippen LogP) is 2.54. The molecular formula is C15H25N3O2. The van der Waals surface area contributed by atoms with Crippen LogP contribution in [0.15, 0.2) is 12.3 Å². The van der Waals surface area contributed by atoms with Gasteiger partial charge in [-0.3, -0.25) is 14.4 Å². The summed E-state index contributed by atoms with van der Waals surface area (Å²) in [6, 6.07) is 2.63. The molecular weight excluding hydrogens is 254 g/mol. The third-order valence-electron chi connectivity index (χ3n) is 4.15. The van der Waals surface area contributed by atoms with E-state index < -0.39 is 5.97 Å². The van der Waals surface area contributed by atoms with Crippen LogP contribution in [0.5, 0.6) is 0 Å². The molecule has 0 radical (unpaired) electrons. The number of aromatic nitrogens is 2. The Hall–Kier alpha value is -1.36. The monoisotopic (exact) mass is 279 g/mol. The van der Waals surface area contributed by atoms with Gasteiger partial charge >= 0.3 is 5.97 Å². The van der Waals surface area contributed by atoms with E-state index in [-0.39, 0.29) is 5.92 Å². The zero-order valence-electron chi connectivity index (χ0n) is 12.5. The Morgan fingerprint density at radius 2 is 2.25 bits per heavy atom. The Bertz CT molecular complexity index is 438. The van der Waals surface area contributed by atoms with E-state index in [1.165, 1.54) is 25.7 Å². The molecule has 1 saturated carbocycles. The molecule has 5 nitrogen and oxygen atoms in total. The maximum absolute atomic E-state index is 10.9. The molecule has 0 spiro atoms. The molecule has 0 amide bonds. The lowest BCUT2D eigenvalue weighted by atomic mass is 10.1. The van der Waals surface area contributed by atoms with E-state index in [1.54, 1.807) is 6.92 Å². The summed E-state index contributed by atoms with van der Waals surface area (Å²) in [4.78, 5) is 13.1. The quantitative estimate of drug-likeness (QED) is 0.833. The van der Waals surface area contributed by atoms with E-state index in [0.29, 0.717) is 12.6 Å². The van der Waals surface area contributed by atoms with E-state index in [2.05, 4.69) is 33.9 Å². The van der Waals surface area contributed by atoms with Crippen molar-refractivity contribution in [1.82, 2.24) is 14.7 Å². The minimum absolute atomic E-state index is 0.341. The van der Waals surface area contributed by atoms with Crippen molar-refractivity contribution in [1.29, 1.82) is 0 Å². The van der Waals surface area contributed by atoms with Crippen molar-refractivity contribution in [2.45, 2.75) is 52.1 Å². The molecule has 1 unspecified atom stereocenters. The molecule has 1 aromatic heterocycles. The molecule has 1 heterocycles. The van der Waals surface area contributed by atoms with Crippen molar-refractivity contribution in [2.24, 2.45) is 5.92 Å². The first-order valence-electron chi connectivity index (χ1n) is 7.59. The SMILES string of the molecule is CCN(Cc1ccn(C2CCCC2)n1)CC(C)C(=O)O. The number of hydrogen-bond acceptors (Lipinski definition) is 3. The lowest BCUT2D eigenvalue weighted by molar-refractivity contribution is -0.141. The summed E-state index contributed by atoms with van der Waals surface area (Å²) in [5, 5.41) is 13.7. The highest BCUT2D eigenvalue weighted by atomic mass is 16.4. The second-order valence-electron chi connectivity index (χ2n) is 5.79. The fraction of sp³-hybridized carbons (Fsp3) is 0.733. The Morgan fingerprint density at radius 1 is 1.55 bits per heavy atom. The zero-order chi connectivity index (χ0) is 14.5. The van der Waals surface area contributed by atoms with Gasteiger partial charge in [-0.1, -0.05) is 26.7 Å². The lowest BCUT2D eigenvalue weighted by Gasteiger charge is -2.21. The molecule has 0 bridgehead atoms. The number of carboxylic acids is 1. The number of rotatable bonds is 7. The molecule has 20 heavy (non-hydrogen) atoms. The molecule has 0 aromatic carbocycles. The maximum Gasteiger partial charge on any atom is 0.307 e. The van der Waals surface area contributed by atoms with Crippen molar-refractivity contribution < 1.29 is 9.90 Å². The van der Waals surface area contributed by atoms with Gasteiger partial charge in [0.1, 0.15) is 0 Å². The van der Waals surface area contributed by atoms with Crippen LogP contribution in [0, 0.1) is 5.92 Å². The van der Waals surface area contributed by atoms with E-state index in [1.807, 2.05) is 0 Å². The van der Waals surface area contributed by atoms with Crippen LogP contribution in [0.25, 0.3) is 0 Å². The summed E-state index contributed by atoms with van der Waals surface area (Å²) in [6.45, 7) is 5.95. The van der Waals surface area contributed by atoms with Crippen LogP contribution in [-0.2, 0) is 11.3 Å². The van der Waals surface area contributed by atoms with Crippen LogP contribution in [0.2, 0.25) is 0 Å². The minimum Gasteiger partial charge on any atom is -0.481 e. The molecule has 1 aliphatic rings. The first-order chi connectivity index (χ1) is 9.60. The number of aliphatic carboxylic acids is 1. The van der Waals surface area contributed by atoms with Gasteiger partial charge in [0.25, 0.3) is 0 Å². The second kappa shape index (κ2) is 6.88. The number of carboxylic acid groups (broad SMARTS) is 1. The van der Waals surface area contributed by atoms with Gasteiger partial charge < -0.3 is 5.11 Å². The van der Waals surface area contributed by atoms with Gasteiger partial charge in [-0.25, -0.2) is 0 Å². The Labute approximate surface area is 120 Å². The third kappa shape index (κ3) is 3.82. The van der Waals surface area contributed by atoms with Crippen molar-refractivity contribution in [3.8, 4) is 0 Å². The van der Waals surface area contributed by atoms with Crippen molar-refractivity contribution >= 4 is 5.97 Å². The standard InChI is InChI=1S/C15H25N3O2/c1-3-17(10-12(2)15(19)20)11-13-8-9-18(16-13)14-6-4-5-7-14/h8-9,12,14H,3-7,10-11H2,1-2H3,(H,19,20). The molecule has 2 rings (SSSR count). The van der Waals surface area contributed by atoms with Gasteiger partial charge in [-0.15, -0.1) is 0 Å². The molecule has 1 fully saturated rings. The number of carbonyl (C=O) groups is 1. The summed E-state index contributed by atoms with van der Waals surface area (Å²) < 4.78 is 2.09. The van der Waals surface area contributed by atoms with Gasteiger partial charge in [0.05, 0.1) is 17.7 Å². The molecule has 0 saturated heterocycles. The van der Waals surface area contributed by atoms with Gasteiger partial charge in [0.2, 0.25) is 0 Å². The Morgan fingerprint density at radius 3 is 2.85 bits per heavy atom. The van der Waals surface area contributed by atoms with E-state index >= 15 is 0 Å². The second-order valence-corrected chi connectivity index (χ2v) is 5.79. The summed E-state index contributed by atoms with van der Waals surface area (Å²) in [6.07, 6.45) is 7.14. The Kier molecular flexibility index (Phi) is 5.17. The van der Waals surface area contributed by atoms with Crippen LogP contribution in [0.4, 0.5) is 0 Å². The van der Waals surface area contributed by atoms with Crippen LogP contribution in [-0.4, -0.2) is 38.8 Å². The fourth-order valence-corrected chi connectivity index (χ4v) is 2.83. The largest absolute Gasteiger partial charge is 0.481 e. The number of hydrogen-bond donors (Lipinski definition) is 1. The predicted molar refractivity (Wildman–Crippen MR) is 77.5 cm³/mol. The smallest absolute Gasteiger partial charge is 0.307 e. The molecule has 5 heteroatoms. The van der Waals surface area contributed by atoms with Crippen LogP contribution in [0.1, 0.15) is 51.3 Å².